The Labute approximate surface area is 169 Å². The number of halogens is 4. The molecule has 0 aliphatic carbocycles. The van der Waals surface area contributed by atoms with E-state index in [-0.39, 0.29) is 27.9 Å². The number of rotatable bonds is 3. The highest BCUT2D eigenvalue weighted by Crippen LogP contribution is 2.35. The van der Waals surface area contributed by atoms with Crippen LogP contribution in [0.3, 0.4) is 0 Å². The molecule has 2 aromatic rings. The molecule has 29 heavy (non-hydrogen) atoms. The third-order valence-electron chi connectivity index (χ3n) is 4.35. The van der Waals surface area contributed by atoms with E-state index in [1.54, 1.807) is 0 Å². The molecular formula is C17H15ClF3N5O2S. The van der Waals surface area contributed by atoms with Gasteiger partial charge in [0.05, 0.1) is 18.1 Å². The molecule has 0 amide bonds. The number of benzene rings is 1. The Hall–Kier alpha value is -2.66. The molecular weight excluding hydrogens is 431 g/mol. The largest absolute Gasteiger partial charge is 0.369 e. The SMILES string of the molecule is CN1C(N)=NC(C)(c2cc(C=C(F)c3cnc(Cl)cn3)cc(F)c2F)CS1(=O)=O. The van der Waals surface area contributed by atoms with Crippen molar-refractivity contribution < 1.29 is 21.6 Å². The molecule has 0 saturated carbocycles. The highest BCUT2D eigenvalue weighted by atomic mass is 35.5. The first kappa shape index (κ1) is 21.1. The molecule has 12 heteroatoms. The van der Waals surface area contributed by atoms with E-state index in [0.29, 0.717) is 0 Å². The van der Waals surface area contributed by atoms with Gasteiger partial charge in [0.1, 0.15) is 16.4 Å². The van der Waals surface area contributed by atoms with Gasteiger partial charge in [0, 0.05) is 12.6 Å². The van der Waals surface area contributed by atoms with Crippen LogP contribution in [0.1, 0.15) is 23.7 Å². The Morgan fingerprint density at radius 2 is 2.00 bits per heavy atom. The average molecular weight is 446 g/mol. The smallest absolute Gasteiger partial charge is 0.239 e. The van der Waals surface area contributed by atoms with Gasteiger partial charge >= 0.3 is 0 Å². The van der Waals surface area contributed by atoms with Crippen molar-refractivity contribution in [3.8, 4) is 0 Å². The molecule has 1 aromatic carbocycles. The minimum absolute atomic E-state index is 0.0588. The van der Waals surface area contributed by atoms with Crippen LogP contribution < -0.4 is 5.73 Å². The molecule has 2 N–H and O–H groups in total. The molecule has 1 aliphatic heterocycles. The van der Waals surface area contributed by atoms with Gasteiger partial charge in [-0.25, -0.2) is 40.9 Å². The standard InChI is InChI=1S/C17H15ClF3N5O2S/c1-17(8-29(27,28)26(2)16(22)25-17)10-3-9(5-12(20)15(10)21)4-11(19)13-6-24-14(18)7-23-13/h3-7H,8H2,1-2H3,(H2,22,25). The Morgan fingerprint density at radius 3 is 2.59 bits per heavy atom. The van der Waals surface area contributed by atoms with E-state index in [1.165, 1.54) is 14.0 Å². The first-order chi connectivity index (χ1) is 13.4. The molecule has 1 atom stereocenters. The zero-order valence-corrected chi connectivity index (χ0v) is 16.8. The minimum atomic E-state index is -3.91. The lowest BCUT2D eigenvalue weighted by molar-refractivity contribution is 0.435. The molecule has 0 radical (unpaired) electrons. The van der Waals surface area contributed by atoms with Crippen molar-refractivity contribution in [2.75, 3.05) is 12.8 Å². The van der Waals surface area contributed by atoms with Gasteiger partial charge in [0.15, 0.2) is 17.5 Å². The maximum absolute atomic E-state index is 14.5. The van der Waals surface area contributed by atoms with Crippen molar-refractivity contribution >= 4 is 39.5 Å². The molecule has 154 valence electrons. The minimum Gasteiger partial charge on any atom is -0.369 e. The van der Waals surface area contributed by atoms with E-state index in [2.05, 4.69) is 15.0 Å². The monoisotopic (exact) mass is 445 g/mol. The van der Waals surface area contributed by atoms with Gasteiger partial charge in [-0.1, -0.05) is 11.6 Å². The van der Waals surface area contributed by atoms with E-state index in [9.17, 15) is 21.6 Å². The highest BCUT2D eigenvalue weighted by molar-refractivity contribution is 7.89. The van der Waals surface area contributed by atoms with Crippen LogP contribution in [0.25, 0.3) is 11.9 Å². The summed E-state index contributed by atoms with van der Waals surface area (Å²) in [4.78, 5) is 11.5. The second-order valence-electron chi connectivity index (χ2n) is 6.55. The fraction of sp³-hybridized carbons (Fsp3) is 0.235. The fourth-order valence-corrected chi connectivity index (χ4v) is 4.38. The van der Waals surface area contributed by atoms with Crippen molar-refractivity contribution in [3.05, 3.63) is 58.1 Å². The summed E-state index contributed by atoms with van der Waals surface area (Å²) >= 11 is 5.60. The first-order valence-corrected chi connectivity index (χ1v) is 10.1. The number of aliphatic imine (C=N–C) groups is 1. The molecule has 3 rings (SSSR count). The van der Waals surface area contributed by atoms with Crippen molar-refractivity contribution in [1.82, 2.24) is 14.3 Å². The number of hydrogen-bond acceptors (Lipinski definition) is 6. The van der Waals surface area contributed by atoms with E-state index in [0.717, 1.165) is 34.9 Å². The van der Waals surface area contributed by atoms with Gasteiger partial charge in [-0.15, -0.1) is 0 Å². The third-order valence-corrected chi connectivity index (χ3v) is 6.50. The van der Waals surface area contributed by atoms with E-state index in [1.807, 2.05) is 0 Å². The topological polar surface area (TPSA) is 102 Å². The summed E-state index contributed by atoms with van der Waals surface area (Å²) in [5.74, 6) is -4.49. The lowest BCUT2D eigenvalue weighted by atomic mass is 9.92. The number of nitrogens with zero attached hydrogens (tertiary/aromatic N) is 4. The molecule has 0 spiro atoms. The average Bonchev–Trinajstić information content (AvgIpc) is 2.62. The zero-order chi connectivity index (χ0) is 21.6. The van der Waals surface area contributed by atoms with Gasteiger partial charge in [-0.3, -0.25) is 0 Å². The van der Waals surface area contributed by atoms with E-state index < -0.39 is 38.8 Å². The zero-order valence-electron chi connectivity index (χ0n) is 15.2. The van der Waals surface area contributed by atoms with Crippen LogP contribution >= 0.6 is 11.6 Å². The normalized spacial score (nSPS) is 21.8. The predicted octanol–water partition coefficient (Wildman–Crippen LogP) is 2.68. The molecule has 1 unspecified atom stereocenters. The Kier molecular flexibility index (Phi) is 5.30. The summed E-state index contributed by atoms with van der Waals surface area (Å²) in [5, 5.41) is 0.0588. The van der Waals surface area contributed by atoms with Gasteiger partial charge in [0.2, 0.25) is 16.0 Å². The Morgan fingerprint density at radius 1 is 1.31 bits per heavy atom. The van der Waals surface area contributed by atoms with Crippen LogP contribution in [0.15, 0.2) is 29.5 Å². The van der Waals surface area contributed by atoms with Gasteiger partial charge < -0.3 is 5.73 Å². The molecule has 2 heterocycles. The van der Waals surface area contributed by atoms with E-state index in [4.69, 9.17) is 17.3 Å². The third kappa shape index (κ3) is 4.06. The van der Waals surface area contributed by atoms with Gasteiger partial charge in [0.25, 0.3) is 0 Å². The van der Waals surface area contributed by atoms with Crippen LogP contribution in [-0.4, -0.2) is 41.5 Å². The summed E-state index contributed by atoms with van der Waals surface area (Å²) in [5.41, 5.74) is 3.32. The molecule has 7 nitrogen and oxygen atoms in total. The van der Waals surface area contributed by atoms with Crippen LogP contribution in [0, 0.1) is 11.6 Å². The second-order valence-corrected chi connectivity index (χ2v) is 8.94. The lowest BCUT2D eigenvalue weighted by Crippen LogP contribution is -2.50. The van der Waals surface area contributed by atoms with Crippen molar-refractivity contribution in [2.45, 2.75) is 12.5 Å². The fourth-order valence-electron chi connectivity index (χ4n) is 2.83. The van der Waals surface area contributed by atoms with Crippen molar-refractivity contribution in [1.29, 1.82) is 0 Å². The number of nitrogens with two attached hydrogens (primary N) is 1. The number of hydrogen-bond donors (Lipinski definition) is 1. The van der Waals surface area contributed by atoms with Crippen molar-refractivity contribution in [3.63, 3.8) is 0 Å². The highest BCUT2D eigenvalue weighted by Gasteiger charge is 2.42. The summed E-state index contributed by atoms with van der Waals surface area (Å²) in [6.45, 7) is 1.30. The maximum atomic E-state index is 14.5. The molecule has 0 saturated heterocycles. The molecule has 1 aromatic heterocycles. The quantitative estimate of drug-likeness (QED) is 0.782. The van der Waals surface area contributed by atoms with E-state index >= 15 is 0 Å². The number of aromatic nitrogens is 2. The van der Waals surface area contributed by atoms with Crippen molar-refractivity contribution in [2.24, 2.45) is 10.7 Å². The van der Waals surface area contributed by atoms with Crippen LogP contribution in [-0.2, 0) is 15.6 Å². The summed E-state index contributed by atoms with van der Waals surface area (Å²) in [6.07, 6.45) is 3.11. The maximum Gasteiger partial charge on any atom is 0.239 e. The summed E-state index contributed by atoms with van der Waals surface area (Å²) in [7, 11) is -2.71. The van der Waals surface area contributed by atoms with Gasteiger partial charge in [-0.2, -0.15) is 0 Å². The first-order valence-electron chi connectivity index (χ1n) is 8.09. The number of guanidine groups is 1. The molecule has 0 fully saturated rings. The van der Waals surface area contributed by atoms with Gasteiger partial charge in [-0.05, 0) is 30.7 Å². The number of sulfonamides is 1. The molecule has 1 aliphatic rings. The summed E-state index contributed by atoms with van der Waals surface area (Å²) < 4.78 is 68.6. The Balaban J connectivity index is 2.11. The van der Waals surface area contributed by atoms with Crippen LogP contribution in [0.4, 0.5) is 13.2 Å². The molecule has 0 bridgehead atoms. The second kappa shape index (κ2) is 7.30. The van der Waals surface area contributed by atoms with Crippen LogP contribution in [0.2, 0.25) is 5.15 Å². The van der Waals surface area contributed by atoms with Crippen LogP contribution in [0.5, 0.6) is 0 Å². The lowest BCUT2D eigenvalue weighted by Gasteiger charge is -2.34. The predicted molar refractivity (Wildman–Crippen MR) is 103 cm³/mol. The Bertz CT molecular complexity index is 1140. The summed E-state index contributed by atoms with van der Waals surface area (Å²) in [6, 6.07) is 1.88.